The molecule has 0 saturated carbocycles. The number of aliphatic hydroxyl groups is 1. The molecule has 0 bridgehead atoms. The van der Waals surface area contributed by atoms with E-state index in [1.807, 2.05) is 37.3 Å². The van der Waals surface area contributed by atoms with Gasteiger partial charge in [-0.3, -0.25) is 0 Å². The average molecular weight is 426 g/mol. The van der Waals surface area contributed by atoms with Crippen molar-refractivity contribution in [3.8, 4) is 11.1 Å². The number of nitrogens with zero attached hydrogens (tertiary/aromatic N) is 1. The lowest BCUT2D eigenvalue weighted by Gasteiger charge is -2.24. The van der Waals surface area contributed by atoms with Gasteiger partial charge in [0.1, 0.15) is 11.4 Å². The van der Waals surface area contributed by atoms with Gasteiger partial charge in [-0.15, -0.1) is 0 Å². The lowest BCUT2D eigenvalue weighted by Crippen LogP contribution is -2.34. The summed E-state index contributed by atoms with van der Waals surface area (Å²) in [5.41, 5.74) is 2.79. The maximum Gasteiger partial charge on any atom is 0.408 e. The second kappa shape index (κ2) is 9.31. The number of nitrogens with one attached hydrogen (secondary N) is 2. The molecule has 0 fully saturated rings. The molecule has 3 aromatic rings. The van der Waals surface area contributed by atoms with Gasteiger partial charge in [-0.1, -0.05) is 30.3 Å². The second-order valence-corrected chi connectivity index (χ2v) is 8.29. The van der Waals surface area contributed by atoms with Crippen molar-refractivity contribution < 1.29 is 19.0 Å². The van der Waals surface area contributed by atoms with E-state index in [1.165, 1.54) is 12.1 Å². The molecule has 0 aliphatic carbocycles. The number of benzene rings is 2. The summed E-state index contributed by atoms with van der Waals surface area (Å²) in [6.07, 6.45) is -0.551. The molecular formula is C24H28FN3O3. The predicted molar refractivity (Wildman–Crippen MR) is 120 cm³/mol. The molecule has 7 heteroatoms. The number of halogens is 1. The number of aromatic nitrogens is 1. The zero-order valence-electron chi connectivity index (χ0n) is 18.2. The van der Waals surface area contributed by atoms with Gasteiger partial charge in [0.05, 0.1) is 29.5 Å². The van der Waals surface area contributed by atoms with Crippen LogP contribution in [0.1, 0.15) is 39.4 Å². The van der Waals surface area contributed by atoms with Crippen molar-refractivity contribution in [2.75, 3.05) is 18.5 Å². The molecule has 0 aliphatic rings. The maximum absolute atomic E-state index is 14.1. The number of alkyl carbamates (subject to hydrolysis) is 1. The quantitative estimate of drug-likeness (QED) is 0.516. The Morgan fingerprint density at radius 3 is 2.55 bits per heavy atom. The van der Waals surface area contributed by atoms with Gasteiger partial charge < -0.3 is 20.5 Å². The molecule has 1 aromatic heterocycles. The van der Waals surface area contributed by atoms with Crippen LogP contribution >= 0.6 is 0 Å². The maximum atomic E-state index is 14.1. The summed E-state index contributed by atoms with van der Waals surface area (Å²) in [4.78, 5) is 17.2. The fourth-order valence-electron chi connectivity index (χ4n) is 3.38. The summed E-state index contributed by atoms with van der Waals surface area (Å²) in [5.74, 6) is -0.381. The Morgan fingerprint density at radius 1 is 1.19 bits per heavy atom. The zero-order chi connectivity index (χ0) is 22.6. The normalized spacial score (nSPS) is 12.5. The number of hydrogen-bond acceptors (Lipinski definition) is 5. The predicted octanol–water partition coefficient (Wildman–Crippen LogP) is 5.03. The first-order valence-corrected chi connectivity index (χ1v) is 10.2. The van der Waals surface area contributed by atoms with Crippen LogP contribution in [0.25, 0.3) is 22.0 Å². The van der Waals surface area contributed by atoms with Crippen molar-refractivity contribution in [3.63, 3.8) is 0 Å². The Kier molecular flexibility index (Phi) is 6.75. The monoisotopic (exact) mass is 425 g/mol. The number of carbonyl (C=O) groups is 1. The minimum atomic E-state index is -0.631. The van der Waals surface area contributed by atoms with Gasteiger partial charge in [-0.05, 0) is 51.5 Å². The first-order chi connectivity index (χ1) is 14.7. The molecular weight excluding hydrogens is 397 g/mol. The molecule has 1 atom stereocenters. The minimum absolute atomic E-state index is 0.0889. The van der Waals surface area contributed by atoms with Crippen LogP contribution in [0.4, 0.5) is 14.9 Å². The Balaban J connectivity index is 2.19. The fraction of sp³-hybridized carbons (Fsp3) is 0.333. The molecule has 31 heavy (non-hydrogen) atoms. The SMILES string of the molecule is CC(NC(=O)OC(C)(C)C)c1nc2ccc(F)cc2c(NCCO)c1-c1ccccc1. The van der Waals surface area contributed by atoms with E-state index in [0.29, 0.717) is 22.3 Å². The molecule has 0 spiro atoms. The summed E-state index contributed by atoms with van der Waals surface area (Å²) in [6, 6.07) is 13.4. The number of anilines is 1. The first-order valence-electron chi connectivity index (χ1n) is 10.2. The van der Waals surface area contributed by atoms with Crippen LogP contribution in [0.2, 0.25) is 0 Å². The summed E-state index contributed by atoms with van der Waals surface area (Å²) in [7, 11) is 0. The Labute approximate surface area is 181 Å². The standard InChI is InChI=1S/C24H28FN3O3/c1-15(27-23(30)31-24(2,3)4)21-20(16-8-6-5-7-9-16)22(26-12-13-29)18-14-17(25)10-11-19(18)28-21/h5-11,14-15,29H,12-13H2,1-4H3,(H,26,28)(H,27,30). The molecule has 0 aliphatic heterocycles. The second-order valence-electron chi connectivity index (χ2n) is 8.29. The molecule has 1 unspecified atom stereocenters. The molecule has 164 valence electrons. The number of rotatable bonds is 6. The van der Waals surface area contributed by atoms with Crippen LogP contribution in [0.15, 0.2) is 48.5 Å². The molecule has 3 rings (SSSR count). The molecule has 0 radical (unpaired) electrons. The first kappa shape index (κ1) is 22.5. The Hall–Kier alpha value is -3.19. The Bertz CT molecular complexity index is 1070. The molecule has 0 saturated heterocycles. The van der Waals surface area contributed by atoms with Crippen molar-refractivity contribution in [3.05, 3.63) is 60.0 Å². The van der Waals surface area contributed by atoms with E-state index < -0.39 is 17.7 Å². The van der Waals surface area contributed by atoms with Crippen molar-refractivity contribution in [1.29, 1.82) is 0 Å². The topological polar surface area (TPSA) is 83.5 Å². The molecule has 1 amide bonds. The summed E-state index contributed by atoms with van der Waals surface area (Å²) < 4.78 is 19.5. The minimum Gasteiger partial charge on any atom is -0.444 e. The molecule has 2 aromatic carbocycles. The molecule has 1 heterocycles. The number of carbonyl (C=O) groups excluding carboxylic acids is 1. The van der Waals surface area contributed by atoms with Crippen LogP contribution in [-0.2, 0) is 4.74 Å². The summed E-state index contributed by atoms with van der Waals surface area (Å²) in [5, 5.41) is 16.1. The van der Waals surface area contributed by atoms with E-state index in [2.05, 4.69) is 10.6 Å². The number of hydrogen-bond donors (Lipinski definition) is 3. The smallest absolute Gasteiger partial charge is 0.408 e. The Morgan fingerprint density at radius 2 is 1.90 bits per heavy atom. The third-order valence-corrected chi connectivity index (χ3v) is 4.59. The van der Waals surface area contributed by atoms with E-state index in [0.717, 1.165) is 11.1 Å². The fourth-order valence-corrected chi connectivity index (χ4v) is 3.38. The lowest BCUT2D eigenvalue weighted by atomic mass is 9.95. The van der Waals surface area contributed by atoms with E-state index in [-0.39, 0.29) is 19.0 Å². The lowest BCUT2D eigenvalue weighted by molar-refractivity contribution is 0.0507. The number of aliphatic hydroxyl groups excluding tert-OH is 1. The number of ether oxygens (including phenoxy) is 1. The highest BCUT2D eigenvalue weighted by Crippen LogP contribution is 2.39. The third kappa shape index (κ3) is 5.49. The van der Waals surface area contributed by atoms with Gasteiger partial charge >= 0.3 is 6.09 Å². The largest absolute Gasteiger partial charge is 0.444 e. The van der Waals surface area contributed by atoms with Gasteiger partial charge in [-0.2, -0.15) is 0 Å². The van der Waals surface area contributed by atoms with Crippen molar-refractivity contribution in [2.45, 2.75) is 39.3 Å². The van der Waals surface area contributed by atoms with Crippen LogP contribution < -0.4 is 10.6 Å². The van der Waals surface area contributed by atoms with E-state index in [9.17, 15) is 14.3 Å². The van der Waals surface area contributed by atoms with Crippen LogP contribution in [-0.4, -0.2) is 34.9 Å². The van der Waals surface area contributed by atoms with Gasteiger partial charge in [0.2, 0.25) is 0 Å². The highest BCUT2D eigenvalue weighted by molar-refractivity contribution is 6.00. The van der Waals surface area contributed by atoms with Gasteiger partial charge in [0.25, 0.3) is 0 Å². The number of fused-ring (bicyclic) bond motifs is 1. The van der Waals surface area contributed by atoms with Crippen molar-refractivity contribution in [2.24, 2.45) is 0 Å². The van der Waals surface area contributed by atoms with Gasteiger partial charge in [-0.25, -0.2) is 14.2 Å². The van der Waals surface area contributed by atoms with Crippen LogP contribution in [0.3, 0.4) is 0 Å². The van der Waals surface area contributed by atoms with Crippen LogP contribution in [0.5, 0.6) is 0 Å². The number of pyridine rings is 1. The van der Waals surface area contributed by atoms with E-state index in [1.54, 1.807) is 26.8 Å². The van der Waals surface area contributed by atoms with Gasteiger partial charge in [0.15, 0.2) is 0 Å². The molecule has 3 N–H and O–H groups in total. The van der Waals surface area contributed by atoms with E-state index in [4.69, 9.17) is 9.72 Å². The third-order valence-electron chi connectivity index (χ3n) is 4.59. The summed E-state index contributed by atoms with van der Waals surface area (Å²) in [6.45, 7) is 7.41. The molecule has 6 nitrogen and oxygen atoms in total. The highest BCUT2D eigenvalue weighted by atomic mass is 19.1. The zero-order valence-corrected chi connectivity index (χ0v) is 18.2. The van der Waals surface area contributed by atoms with Gasteiger partial charge in [0, 0.05) is 17.5 Å². The van der Waals surface area contributed by atoms with Crippen molar-refractivity contribution >= 4 is 22.7 Å². The number of amides is 1. The van der Waals surface area contributed by atoms with Crippen molar-refractivity contribution in [1.82, 2.24) is 10.3 Å². The average Bonchev–Trinajstić information content (AvgIpc) is 2.70. The summed E-state index contributed by atoms with van der Waals surface area (Å²) >= 11 is 0. The highest BCUT2D eigenvalue weighted by Gasteiger charge is 2.24. The van der Waals surface area contributed by atoms with E-state index >= 15 is 0 Å². The van der Waals surface area contributed by atoms with Crippen LogP contribution in [0, 0.1) is 5.82 Å².